The number of amides is 2. The van der Waals surface area contributed by atoms with Gasteiger partial charge in [0.25, 0.3) is 11.8 Å². The Bertz CT molecular complexity index is 750. The number of hydrogen-bond acceptors (Lipinski definition) is 4. The Kier molecular flexibility index (Phi) is 6.78. The van der Waals surface area contributed by atoms with Crippen molar-refractivity contribution in [2.45, 2.75) is 46.1 Å². The maximum Gasteiger partial charge on any atom is 0.277 e. The summed E-state index contributed by atoms with van der Waals surface area (Å²) in [6, 6.07) is 7.16. The van der Waals surface area contributed by atoms with E-state index < -0.39 is 0 Å². The van der Waals surface area contributed by atoms with Gasteiger partial charge in [0.15, 0.2) is 0 Å². The summed E-state index contributed by atoms with van der Waals surface area (Å²) >= 11 is 6.02. The molecule has 0 spiro atoms. The summed E-state index contributed by atoms with van der Waals surface area (Å²) in [4.78, 5) is 29.9. The molecule has 3 rings (SSSR count). The van der Waals surface area contributed by atoms with Crippen LogP contribution in [-0.2, 0) is 14.3 Å². The lowest BCUT2D eigenvalue weighted by Crippen LogP contribution is -2.39. The van der Waals surface area contributed by atoms with Gasteiger partial charge in [0.1, 0.15) is 5.70 Å². The third-order valence-corrected chi connectivity index (χ3v) is 5.61. The van der Waals surface area contributed by atoms with Crippen LogP contribution in [0.5, 0.6) is 0 Å². The van der Waals surface area contributed by atoms with Crippen LogP contribution >= 0.6 is 11.6 Å². The van der Waals surface area contributed by atoms with Crippen LogP contribution in [0.25, 0.3) is 5.57 Å². The molecule has 0 aromatic heterocycles. The largest absolute Gasteiger partial charge is 0.379 e. The molecule has 6 heteroatoms. The Balaban J connectivity index is 1.86. The minimum Gasteiger partial charge on any atom is -0.379 e. The van der Waals surface area contributed by atoms with E-state index in [2.05, 4.69) is 11.8 Å². The minimum atomic E-state index is -0.217. The van der Waals surface area contributed by atoms with E-state index in [1.807, 2.05) is 26.0 Å². The highest BCUT2D eigenvalue weighted by atomic mass is 35.5. The number of piperidine rings is 1. The summed E-state index contributed by atoms with van der Waals surface area (Å²) in [5, 5.41) is 0.608. The van der Waals surface area contributed by atoms with Crippen molar-refractivity contribution in [3.05, 3.63) is 40.5 Å². The second-order valence-corrected chi connectivity index (χ2v) is 8.37. The predicted molar refractivity (Wildman–Crippen MR) is 111 cm³/mol. The molecule has 2 aliphatic rings. The molecule has 1 aromatic carbocycles. The van der Waals surface area contributed by atoms with Crippen LogP contribution < -0.4 is 0 Å². The van der Waals surface area contributed by atoms with Gasteiger partial charge in [-0.2, -0.15) is 0 Å². The standard InChI is InChI=1S/C22H29ClN2O3/c1-15(2)28-14-4-11-25-21(26)19(17-5-7-18(23)8-6-17)20(22(25)27)24-12-9-16(3)10-13-24/h5-8,15-16H,4,9-14H2,1-3H3. The zero-order valence-corrected chi connectivity index (χ0v) is 17.7. The maximum absolute atomic E-state index is 13.2. The number of carbonyl (C=O) groups is 2. The van der Waals surface area contributed by atoms with Crippen molar-refractivity contribution < 1.29 is 14.3 Å². The van der Waals surface area contributed by atoms with Gasteiger partial charge < -0.3 is 9.64 Å². The highest BCUT2D eigenvalue weighted by Gasteiger charge is 2.41. The number of imide groups is 1. The number of halogens is 1. The van der Waals surface area contributed by atoms with Crippen LogP contribution in [0.2, 0.25) is 5.02 Å². The molecule has 0 atom stereocenters. The molecule has 0 aliphatic carbocycles. The van der Waals surface area contributed by atoms with E-state index in [1.165, 1.54) is 4.90 Å². The van der Waals surface area contributed by atoms with Crippen LogP contribution in [0.15, 0.2) is 30.0 Å². The van der Waals surface area contributed by atoms with Crippen molar-refractivity contribution in [1.29, 1.82) is 0 Å². The third-order valence-electron chi connectivity index (χ3n) is 5.35. The second kappa shape index (κ2) is 9.10. The molecular weight excluding hydrogens is 376 g/mol. The molecule has 152 valence electrons. The molecule has 28 heavy (non-hydrogen) atoms. The molecule has 0 radical (unpaired) electrons. The quantitative estimate of drug-likeness (QED) is 0.509. The second-order valence-electron chi connectivity index (χ2n) is 7.94. The Labute approximate surface area is 172 Å². The fraction of sp³-hybridized carbons (Fsp3) is 0.545. The number of carbonyl (C=O) groups excluding carboxylic acids is 2. The van der Waals surface area contributed by atoms with Crippen molar-refractivity contribution in [2.75, 3.05) is 26.2 Å². The zero-order valence-electron chi connectivity index (χ0n) is 16.9. The molecule has 0 unspecified atom stereocenters. The summed E-state index contributed by atoms with van der Waals surface area (Å²) in [5.74, 6) is 0.242. The molecule has 1 fully saturated rings. The molecule has 2 heterocycles. The monoisotopic (exact) mass is 404 g/mol. The summed E-state index contributed by atoms with van der Waals surface area (Å²) in [7, 11) is 0. The van der Waals surface area contributed by atoms with E-state index in [9.17, 15) is 9.59 Å². The number of benzene rings is 1. The maximum atomic E-state index is 13.2. The number of rotatable bonds is 7. The van der Waals surface area contributed by atoms with Crippen molar-refractivity contribution in [3.63, 3.8) is 0 Å². The first-order chi connectivity index (χ1) is 13.4. The fourth-order valence-electron chi connectivity index (χ4n) is 3.71. The van der Waals surface area contributed by atoms with Gasteiger partial charge >= 0.3 is 0 Å². The molecule has 0 saturated carbocycles. The molecule has 1 saturated heterocycles. The number of likely N-dealkylation sites (tertiary alicyclic amines) is 1. The first-order valence-corrected chi connectivity index (χ1v) is 10.5. The smallest absolute Gasteiger partial charge is 0.277 e. The SMILES string of the molecule is CC1CCN(C2=C(c3ccc(Cl)cc3)C(=O)N(CCCOC(C)C)C2=O)CC1. The van der Waals surface area contributed by atoms with Crippen molar-refractivity contribution in [1.82, 2.24) is 9.80 Å². The van der Waals surface area contributed by atoms with Crippen molar-refractivity contribution >= 4 is 29.0 Å². The van der Waals surface area contributed by atoms with Gasteiger partial charge in [0, 0.05) is 31.3 Å². The Morgan fingerprint density at radius 1 is 1.11 bits per heavy atom. The van der Waals surface area contributed by atoms with Gasteiger partial charge in [-0.1, -0.05) is 30.7 Å². The van der Waals surface area contributed by atoms with E-state index in [0.29, 0.717) is 41.8 Å². The van der Waals surface area contributed by atoms with Crippen LogP contribution in [0.1, 0.15) is 45.6 Å². The molecule has 0 N–H and O–H groups in total. The first kappa shape index (κ1) is 20.9. The highest BCUT2D eigenvalue weighted by molar-refractivity contribution is 6.36. The molecule has 2 amide bonds. The van der Waals surface area contributed by atoms with Crippen LogP contribution in [-0.4, -0.2) is 54.0 Å². The van der Waals surface area contributed by atoms with E-state index in [4.69, 9.17) is 16.3 Å². The Hall–Kier alpha value is -1.85. The van der Waals surface area contributed by atoms with Crippen LogP contribution in [0.3, 0.4) is 0 Å². The highest BCUT2D eigenvalue weighted by Crippen LogP contribution is 2.34. The normalized spacial score (nSPS) is 18.8. The molecular formula is C22H29ClN2O3. The zero-order chi connectivity index (χ0) is 20.3. The molecule has 2 aliphatic heterocycles. The van der Waals surface area contributed by atoms with E-state index in [-0.39, 0.29) is 17.9 Å². The van der Waals surface area contributed by atoms with Crippen molar-refractivity contribution in [2.24, 2.45) is 5.92 Å². The summed E-state index contributed by atoms with van der Waals surface area (Å²) in [5.41, 5.74) is 1.79. The number of nitrogens with zero attached hydrogens (tertiary/aromatic N) is 2. The predicted octanol–water partition coefficient (Wildman–Crippen LogP) is 3.97. The van der Waals surface area contributed by atoms with Gasteiger partial charge in [-0.3, -0.25) is 14.5 Å². The van der Waals surface area contributed by atoms with Gasteiger partial charge in [-0.15, -0.1) is 0 Å². The Morgan fingerprint density at radius 3 is 2.36 bits per heavy atom. The average Bonchev–Trinajstić information content (AvgIpc) is 2.91. The number of hydrogen-bond donors (Lipinski definition) is 0. The lowest BCUT2D eigenvalue weighted by Gasteiger charge is -2.32. The Morgan fingerprint density at radius 2 is 1.75 bits per heavy atom. The van der Waals surface area contributed by atoms with Gasteiger partial charge in [0.2, 0.25) is 0 Å². The van der Waals surface area contributed by atoms with Crippen LogP contribution in [0.4, 0.5) is 0 Å². The first-order valence-electron chi connectivity index (χ1n) is 10.1. The van der Waals surface area contributed by atoms with Gasteiger partial charge in [-0.25, -0.2) is 0 Å². The summed E-state index contributed by atoms with van der Waals surface area (Å²) in [6.45, 7) is 8.68. The van der Waals surface area contributed by atoms with E-state index >= 15 is 0 Å². The van der Waals surface area contributed by atoms with E-state index in [0.717, 1.165) is 31.5 Å². The fourth-order valence-corrected chi connectivity index (χ4v) is 3.84. The molecule has 0 bridgehead atoms. The summed E-state index contributed by atoms with van der Waals surface area (Å²) < 4.78 is 5.56. The van der Waals surface area contributed by atoms with Gasteiger partial charge in [-0.05, 0) is 56.7 Å². The van der Waals surface area contributed by atoms with Crippen molar-refractivity contribution in [3.8, 4) is 0 Å². The third kappa shape index (κ3) is 4.58. The van der Waals surface area contributed by atoms with Gasteiger partial charge in [0.05, 0.1) is 11.7 Å². The molecule has 1 aromatic rings. The lowest BCUT2D eigenvalue weighted by atomic mass is 9.97. The van der Waals surface area contributed by atoms with Crippen LogP contribution in [0, 0.1) is 5.92 Å². The lowest BCUT2D eigenvalue weighted by molar-refractivity contribution is -0.137. The number of ether oxygens (including phenoxy) is 1. The minimum absolute atomic E-state index is 0.138. The topological polar surface area (TPSA) is 49.9 Å². The van der Waals surface area contributed by atoms with E-state index in [1.54, 1.807) is 12.1 Å². The molecule has 5 nitrogen and oxygen atoms in total. The average molecular weight is 405 g/mol. The summed E-state index contributed by atoms with van der Waals surface area (Å²) in [6.07, 6.45) is 2.83.